The summed E-state index contributed by atoms with van der Waals surface area (Å²) in [6.45, 7) is 15.6. The number of rotatable bonds is 2. The molecule has 168 valence electrons. The van der Waals surface area contributed by atoms with Crippen molar-refractivity contribution in [2.24, 2.45) is 0 Å². The first-order chi connectivity index (χ1) is 14.1. The van der Waals surface area contributed by atoms with Crippen LogP contribution in [0.5, 0.6) is 11.5 Å². The van der Waals surface area contributed by atoms with Gasteiger partial charge in [-0.3, -0.25) is 9.59 Å². The maximum atomic E-state index is 11.6. The van der Waals surface area contributed by atoms with Gasteiger partial charge in [0.2, 0.25) is 0 Å². The second-order valence-corrected chi connectivity index (χ2v) is 12.9. The fraction of sp³-hybridized carbons (Fsp3) is 0.417. The summed E-state index contributed by atoms with van der Waals surface area (Å²) < 4.78 is 0. The number of halogens is 2. The van der Waals surface area contributed by atoms with E-state index in [0.717, 1.165) is 34.8 Å². The molecule has 4 nitrogen and oxygen atoms in total. The molecule has 0 saturated heterocycles. The van der Waals surface area contributed by atoms with Crippen LogP contribution >= 0.6 is 17.0 Å². The fourth-order valence-electron chi connectivity index (χ4n) is 2.83. The summed E-state index contributed by atoms with van der Waals surface area (Å²) in [4.78, 5) is 21.2. The van der Waals surface area contributed by atoms with Gasteiger partial charge in [-0.15, -0.1) is 11.5 Å². The molecule has 0 atom stereocenters. The molecular weight excluding hydrogens is 514 g/mol. The summed E-state index contributed by atoms with van der Waals surface area (Å²) in [5, 5.41) is 23.3. The van der Waals surface area contributed by atoms with E-state index in [1.165, 1.54) is 12.1 Å². The summed E-state index contributed by atoms with van der Waals surface area (Å²) in [5.74, 6) is -0.101. The van der Waals surface area contributed by atoms with Crippen LogP contribution < -0.4 is 10.2 Å². The van der Waals surface area contributed by atoms with Crippen molar-refractivity contribution in [2.75, 3.05) is 0 Å². The van der Waals surface area contributed by atoms with Gasteiger partial charge in [0.25, 0.3) is 0 Å². The average molecular weight is 545 g/mol. The molecular formula is C24H30Cl2O4Zr. The summed E-state index contributed by atoms with van der Waals surface area (Å²) in [6.07, 6.45) is 1.45. The van der Waals surface area contributed by atoms with E-state index in [2.05, 4.69) is 0 Å². The predicted octanol–water partition coefficient (Wildman–Crippen LogP) is 5.73. The Labute approximate surface area is 204 Å². The first kappa shape index (κ1) is 29.8. The topological polar surface area (TPSA) is 80.3 Å². The van der Waals surface area contributed by atoms with Crippen LogP contribution in [0, 0.1) is 13.8 Å². The molecule has 7 heteroatoms. The molecule has 0 aromatic heterocycles. The SMILES string of the molecule is Cc1cc(C(C)(C)C)c([O-])cc1C=O.Cc1cc(C(C)(C)C)c([O-])cc1C=O.[Cl][Zr+2][Cl]. The Kier molecular flexibility index (Phi) is 12.3. The van der Waals surface area contributed by atoms with Crippen LogP contribution in [0.15, 0.2) is 24.3 Å². The van der Waals surface area contributed by atoms with Gasteiger partial charge in [-0.05, 0) is 35.8 Å². The van der Waals surface area contributed by atoms with Gasteiger partial charge in [-0.2, -0.15) is 0 Å². The summed E-state index contributed by atoms with van der Waals surface area (Å²) in [7, 11) is 9.87. The van der Waals surface area contributed by atoms with Gasteiger partial charge < -0.3 is 10.2 Å². The van der Waals surface area contributed by atoms with Crippen molar-refractivity contribution in [1.29, 1.82) is 0 Å². The van der Waals surface area contributed by atoms with Gasteiger partial charge >= 0.3 is 37.9 Å². The fourth-order valence-corrected chi connectivity index (χ4v) is 2.83. The Hall–Kier alpha value is -1.16. The Morgan fingerprint density at radius 2 is 0.968 bits per heavy atom. The van der Waals surface area contributed by atoms with E-state index >= 15 is 0 Å². The van der Waals surface area contributed by atoms with E-state index in [9.17, 15) is 19.8 Å². The molecule has 0 saturated carbocycles. The van der Waals surface area contributed by atoms with Crippen LogP contribution in [0.3, 0.4) is 0 Å². The Balaban J connectivity index is 0.000000516. The molecule has 2 rings (SSSR count). The van der Waals surface area contributed by atoms with E-state index in [4.69, 9.17) is 17.0 Å². The zero-order valence-corrected chi connectivity index (χ0v) is 23.3. The van der Waals surface area contributed by atoms with Crippen LogP contribution in [0.25, 0.3) is 0 Å². The molecule has 0 N–H and O–H groups in total. The molecule has 0 amide bonds. The molecule has 2 aromatic carbocycles. The number of benzene rings is 2. The molecule has 0 fully saturated rings. The van der Waals surface area contributed by atoms with E-state index in [1.807, 2.05) is 67.5 Å². The molecule has 31 heavy (non-hydrogen) atoms. The molecule has 0 radical (unpaired) electrons. The van der Waals surface area contributed by atoms with Crippen molar-refractivity contribution in [2.45, 2.75) is 66.2 Å². The van der Waals surface area contributed by atoms with Crippen molar-refractivity contribution >= 4 is 29.6 Å². The Morgan fingerprint density at radius 3 is 1.16 bits per heavy atom. The van der Waals surface area contributed by atoms with Crippen molar-refractivity contribution in [3.8, 4) is 11.5 Å². The van der Waals surface area contributed by atoms with Gasteiger partial charge in [0.05, 0.1) is 0 Å². The third kappa shape index (κ3) is 9.47. The number of aryl methyl sites for hydroxylation is 2. The van der Waals surface area contributed by atoms with Gasteiger partial charge in [-0.25, -0.2) is 0 Å². The van der Waals surface area contributed by atoms with Crippen molar-refractivity contribution in [1.82, 2.24) is 0 Å². The van der Waals surface area contributed by atoms with E-state index in [1.54, 1.807) is 0 Å². The quantitative estimate of drug-likeness (QED) is 0.452. The molecule has 0 heterocycles. The molecule has 0 bridgehead atoms. The molecule has 0 unspecified atom stereocenters. The molecule has 0 spiro atoms. The standard InChI is InChI=1S/2C12H16O2.2ClH.Zr/c2*1-8-5-10(12(2,3)4)11(14)6-9(8)7-13;;;/h2*5-7,14H,1-4H3;2*1H;/q;;;;+4/p-4. The summed E-state index contributed by atoms with van der Waals surface area (Å²) >= 11 is -0.826. The van der Waals surface area contributed by atoms with Crippen LogP contribution in [0.2, 0.25) is 0 Å². The minimum absolute atomic E-state index is 0.0507. The van der Waals surface area contributed by atoms with Gasteiger partial charge in [0.1, 0.15) is 12.6 Å². The first-order valence-electron chi connectivity index (χ1n) is 9.64. The van der Waals surface area contributed by atoms with Crippen molar-refractivity contribution in [3.63, 3.8) is 0 Å². The van der Waals surface area contributed by atoms with Gasteiger partial charge in [0.15, 0.2) is 0 Å². The van der Waals surface area contributed by atoms with Crippen LogP contribution in [-0.2, 0) is 31.7 Å². The third-order valence-corrected chi connectivity index (χ3v) is 4.61. The van der Waals surface area contributed by atoms with E-state index < -0.39 is 20.8 Å². The average Bonchev–Trinajstić information content (AvgIpc) is 2.64. The first-order valence-corrected chi connectivity index (χ1v) is 16.0. The Morgan fingerprint density at radius 1 is 0.710 bits per heavy atom. The number of hydrogen-bond donors (Lipinski definition) is 0. The second-order valence-electron chi connectivity index (χ2n) is 9.22. The summed E-state index contributed by atoms with van der Waals surface area (Å²) in [6, 6.07) is 6.46. The monoisotopic (exact) mass is 542 g/mol. The van der Waals surface area contributed by atoms with Gasteiger partial charge in [-0.1, -0.05) is 76.9 Å². The minimum atomic E-state index is -0.826. The van der Waals surface area contributed by atoms with E-state index in [0.29, 0.717) is 11.1 Å². The zero-order valence-electron chi connectivity index (χ0n) is 19.4. The maximum absolute atomic E-state index is 11.6. The Bertz CT molecular complexity index is 824. The van der Waals surface area contributed by atoms with Gasteiger partial charge in [0, 0.05) is 11.1 Å². The van der Waals surface area contributed by atoms with Crippen LogP contribution in [0.1, 0.15) is 84.5 Å². The van der Waals surface area contributed by atoms with Crippen LogP contribution in [0.4, 0.5) is 0 Å². The molecule has 0 aliphatic carbocycles. The zero-order chi connectivity index (χ0) is 24.6. The normalized spacial score (nSPS) is 10.6. The second kappa shape index (κ2) is 12.8. The van der Waals surface area contributed by atoms with Crippen molar-refractivity contribution < 1.29 is 40.7 Å². The van der Waals surface area contributed by atoms with Crippen LogP contribution in [-0.4, -0.2) is 12.6 Å². The van der Waals surface area contributed by atoms with E-state index in [-0.39, 0.29) is 22.3 Å². The summed E-state index contributed by atoms with van der Waals surface area (Å²) in [5.41, 5.74) is 3.91. The number of carbonyl (C=O) groups excluding carboxylic acids is 2. The van der Waals surface area contributed by atoms with Crippen molar-refractivity contribution in [3.05, 3.63) is 57.6 Å². The number of aldehydes is 2. The molecule has 2 aromatic rings. The predicted molar refractivity (Wildman–Crippen MR) is 121 cm³/mol. The third-order valence-electron chi connectivity index (χ3n) is 4.61. The molecule has 0 aliphatic heterocycles. The number of hydrogen-bond acceptors (Lipinski definition) is 4. The molecule has 0 aliphatic rings. The number of carbonyl (C=O) groups is 2.